The van der Waals surface area contributed by atoms with Crippen LogP contribution in [0.15, 0.2) is 42.7 Å². The van der Waals surface area contributed by atoms with Gasteiger partial charge in [0.15, 0.2) is 0 Å². The molecule has 0 amide bonds. The maximum Gasteiger partial charge on any atom is 0.201 e. The molecule has 0 fully saturated rings. The van der Waals surface area contributed by atoms with Gasteiger partial charge < -0.3 is 10.3 Å². The Morgan fingerprint density at radius 3 is 2.85 bits per heavy atom. The maximum absolute atomic E-state index is 9.14. The Hall–Kier alpha value is -2.87. The molecule has 0 saturated heterocycles. The Balaban J connectivity index is 2.22. The van der Waals surface area contributed by atoms with Crippen LogP contribution in [0.4, 0.5) is 5.95 Å². The molecule has 2 aromatic heterocycles. The largest absolute Gasteiger partial charge is 0.369 e. The first kappa shape index (κ1) is 12.2. The number of para-hydroxylation sites is 1. The Labute approximate surface area is 116 Å². The Morgan fingerprint density at radius 1 is 1.30 bits per heavy atom. The van der Waals surface area contributed by atoms with Crippen LogP contribution >= 0.6 is 0 Å². The van der Waals surface area contributed by atoms with Crippen LogP contribution in [0.2, 0.25) is 0 Å². The molecule has 2 heterocycles. The van der Waals surface area contributed by atoms with Crippen LogP contribution in [-0.4, -0.2) is 14.5 Å². The van der Waals surface area contributed by atoms with Gasteiger partial charge in [-0.15, -0.1) is 0 Å². The topological polar surface area (TPSA) is 80.5 Å². The van der Waals surface area contributed by atoms with Crippen LogP contribution < -0.4 is 5.73 Å². The fraction of sp³-hybridized carbons (Fsp3) is 0.133. The molecule has 1 atom stereocenters. The molecule has 20 heavy (non-hydrogen) atoms. The van der Waals surface area contributed by atoms with E-state index in [1.54, 1.807) is 12.3 Å². The minimum atomic E-state index is 0.00245. The molecule has 2 N–H and O–H groups in total. The van der Waals surface area contributed by atoms with Crippen molar-refractivity contribution in [2.45, 2.75) is 13.0 Å². The standard InChI is InChI=1S/C15H13N5/c1-10(12-5-3-7-18-9-12)20-13-6-2-4-11(8-16)14(13)19-15(20)17/h2-7,9-10H,1H3,(H2,17,19). The van der Waals surface area contributed by atoms with Gasteiger partial charge in [0.25, 0.3) is 0 Å². The lowest BCUT2D eigenvalue weighted by Crippen LogP contribution is -2.10. The summed E-state index contributed by atoms with van der Waals surface area (Å²) in [6.07, 6.45) is 3.55. The number of nitrogen functional groups attached to an aromatic ring is 1. The number of hydrogen-bond donors (Lipinski definition) is 1. The molecule has 1 unspecified atom stereocenters. The second kappa shape index (κ2) is 4.67. The predicted molar refractivity (Wildman–Crippen MR) is 76.9 cm³/mol. The van der Waals surface area contributed by atoms with Gasteiger partial charge in [-0.3, -0.25) is 4.98 Å². The van der Waals surface area contributed by atoms with Gasteiger partial charge in [0, 0.05) is 12.4 Å². The monoisotopic (exact) mass is 263 g/mol. The van der Waals surface area contributed by atoms with E-state index in [1.807, 2.05) is 42.0 Å². The third kappa shape index (κ3) is 1.79. The number of aromatic nitrogens is 3. The van der Waals surface area contributed by atoms with Crippen molar-refractivity contribution < 1.29 is 0 Å². The van der Waals surface area contributed by atoms with E-state index in [-0.39, 0.29) is 6.04 Å². The van der Waals surface area contributed by atoms with Crippen LogP contribution in [0.5, 0.6) is 0 Å². The van der Waals surface area contributed by atoms with E-state index in [4.69, 9.17) is 11.0 Å². The first-order valence-electron chi connectivity index (χ1n) is 6.29. The molecule has 5 heteroatoms. The van der Waals surface area contributed by atoms with Gasteiger partial charge in [0.2, 0.25) is 5.95 Å². The summed E-state index contributed by atoms with van der Waals surface area (Å²) in [5, 5.41) is 9.14. The summed E-state index contributed by atoms with van der Waals surface area (Å²) in [4.78, 5) is 8.46. The van der Waals surface area contributed by atoms with E-state index >= 15 is 0 Å². The van der Waals surface area contributed by atoms with Crippen LogP contribution in [0.1, 0.15) is 24.1 Å². The van der Waals surface area contributed by atoms with Crippen LogP contribution in [0.25, 0.3) is 11.0 Å². The molecule has 1 aromatic carbocycles. The highest BCUT2D eigenvalue weighted by Gasteiger charge is 2.17. The zero-order valence-corrected chi connectivity index (χ0v) is 11.0. The highest BCUT2D eigenvalue weighted by atomic mass is 15.2. The van der Waals surface area contributed by atoms with E-state index < -0.39 is 0 Å². The fourth-order valence-corrected chi connectivity index (χ4v) is 2.40. The molecule has 0 saturated carbocycles. The Morgan fingerprint density at radius 2 is 2.15 bits per heavy atom. The van der Waals surface area contributed by atoms with E-state index in [0.717, 1.165) is 11.1 Å². The first-order chi connectivity index (χ1) is 9.72. The highest BCUT2D eigenvalue weighted by molar-refractivity contribution is 5.84. The summed E-state index contributed by atoms with van der Waals surface area (Å²) in [6.45, 7) is 2.04. The number of hydrogen-bond acceptors (Lipinski definition) is 4. The number of pyridine rings is 1. The van der Waals surface area contributed by atoms with Crippen LogP contribution in [0, 0.1) is 11.3 Å². The third-order valence-electron chi connectivity index (χ3n) is 3.42. The number of imidazole rings is 1. The predicted octanol–water partition coefficient (Wildman–Crippen LogP) is 2.49. The SMILES string of the molecule is CC(c1cccnc1)n1c(N)nc2c(C#N)cccc21. The smallest absolute Gasteiger partial charge is 0.201 e. The highest BCUT2D eigenvalue weighted by Crippen LogP contribution is 2.28. The summed E-state index contributed by atoms with van der Waals surface area (Å²) in [7, 11) is 0. The van der Waals surface area contributed by atoms with Crippen molar-refractivity contribution in [2.75, 3.05) is 5.73 Å². The van der Waals surface area contributed by atoms with Gasteiger partial charge in [0.1, 0.15) is 11.6 Å². The minimum Gasteiger partial charge on any atom is -0.369 e. The molecule has 5 nitrogen and oxygen atoms in total. The van der Waals surface area contributed by atoms with E-state index in [2.05, 4.69) is 16.0 Å². The van der Waals surface area contributed by atoms with Crippen LogP contribution in [-0.2, 0) is 0 Å². The van der Waals surface area contributed by atoms with Gasteiger partial charge >= 0.3 is 0 Å². The van der Waals surface area contributed by atoms with Crippen molar-refractivity contribution in [3.8, 4) is 6.07 Å². The molecule has 98 valence electrons. The summed E-state index contributed by atoms with van der Waals surface area (Å²) in [5.41, 5.74) is 9.11. The normalized spacial score (nSPS) is 12.2. The van der Waals surface area contributed by atoms with Crippen molar-refractivity contribution in [2.24, 2.45) is 0 Å². The number of nitrogens with two attached hydrogens (primary N) is 1. The fourth-order valence-electron chi connectivity index (χ4n) is 2.40. The lowest BCUT2D eigenvalue weighted by atomic mass is 10.1. The molecule has 0 radical (unpaired) electrons. The molecule has 0 bridgehead atoms. The Bertz CT molecular complexity index is 798. The van der Waals surface area contributed by atoms with Gasteiger partial charge in [0.05, 0.1) is 17.1 Å². The second-order valence-corrected chi connectivity index (χ2v) is 4.59. The third-order valence-corrected chi connectivity index (χ3v) is 3.42. The Kier molecular flexibility index (Phi) is 2.84. The number of benzene rings is 1. The van der Waals surface area contributed by atoms with Crippen molar-refractivity contribution in [3.05, 3.63) is 53.9 Å². The summed E-state index contributed by atoms with van der Waals surface area (Å²) < 4.78 is 1.92. The summed E-state index contributed by atoms with van der Waals surface area (Å²) in [6, 6.07) is 11.5. The van der Waals surface area contributed by atoms with Crippen molar-refractivity contribution >= 4 is 17.0 Å². The maximum atomic E-state index is 9.14. The van der Waals surface area contributed by atoms with Gasteiger partial charge in [-0.05, 0) is 30.7 Å². The van der Waals surface area contributed by atoms with Gasteiger partial charge in [-0.1, -0.05) is 12.1 Å². The van der Waals surface area contributed by atoms with Crippen LogP contribution in [0.3, 0.4) is 0 Å². The number of anilines is 1. The van der Waals surface area contributed by atoms with Gasteiger partial charge in [-0.25, -0.2) is 4.98 Å². The van der Waals surface area contributed by atoms with Crippen molar-refractivity contribution in [1.82, 2.24) is 14.5 Å². The molecule has 3 rings (SSSR count). The molecular formula is C15H13N5. The minimum absolute atomic E-state index is 0.00245. The number of nitriles is 1. The molecule has 0 aliphatic rings. The number of nitrogens with zero attached hydrogens (tertiary/aromatic N) is 4. The second-order valence-electron chi connectivity index (χ2n) is 4.59. The van der Waals surface area contributed by atoms with Crippen molar-refractivity contribution in [3.63, 3.8) is 0 Å². The van der Waals surface area contributed by atoms with Gasteiger partial charge in [-0.2, -0.15) is 5.26 Å². The van der Waals surface area contributed by atoms with E-state index in [1.165, 1.54) is 0 Å². The lowest BCUT2D eigenvalue weighted by Gasteiger charge is -2.16. The number of fused-ring (bicyclic) bond motifs is 1. The first-order valence-corrected chi connectivity index (χ1v) is 6.29. The molecule has 0 aliphatic carbocycles. The average molecular weight is 263 g/mol. The lowest BCUT2D eigenvalue weighted by molar-refractivity contribution is 0.665. The zero-order chi connectivity index (χ0) is 14.1. The molecule has 0 spiro atoms. The zero-order valence-electron chi connectivity index (χ0n) is 11.0. The van der Waals surface area contributed by atoms with Crippen molar-refractivity contribution in [1.29, 1.82) is 5.26 Å². The summed E-state index contributed by atoms with van der Waals surface area (Å²) in [5.74, 6) is 0.402. The quantitative estimate of drug-likeness (QED) is 0.770. The molecular weight excluding hydrogens is 250 g/mol. The summed E-state index contributed by atoms with van der Waals surface area (Å²) >= 11 is 0. The number of rotatable bonds is 2. The van der Waals surface area contributed by atoms with E-state index in [0.29, 0.717) is 17.0 Å². The molecule has 3 aromatic rings. The molecule has 0 aliphatic heterocycles. The van der Waals surface area contributed by atoms with E-state index in [9.17, 15) is 0 Å². The average Bonchev–Trinajstić information content (AvgIpc) is 2.83.